The van der Waals surface area contributed by atoms with E-state index in [0.717, 1.165) is 32.0 Å². The summed E-state index contributed by atoms with van der Waals surface area (Å²) < 4.78 is 28.5. The maximum atomic E-state index is 13.9. The molecule has 1 saturated heterocycles. The number of nitrogens with one attached hydrogen (secondary N) is 1. The molecule has 1 aromatic carbocycles. The molecule has 0 spiro atoms. The fourth-order valence-corrected chi connectivity index (χ4v) is 4.75. The number of aromatic nitrogens is 1. The number of aromatic hydroxyl groups is 1. The first kappa shape index (κ1) is 24.8. The zero-order valence-electron chi connectivity index (χ0n) is 20.1. The topological polar surface area (TPSA) is 94.9 Å². The first-order valence-electron chi connectivity index (χ1n) is 11.8. The van der Waals surface area contributed by atoms with Crippen molar-refractivity contribution in [3.8, 4) is 5.75 Å². The summed E-state index contributed by atoms with van der Waals surface area (Å²) in [6, 6.07) is 2.91. The highest BCUT2D eigenvalue weighted by atomic mass is 19.1. The van der Waals surface area contributed by atoms with Gasteiger partial charge in [-0.1, -0.05) is 19.9 Å². The molecule has 0 radical (unpaired) electrons. The zero-order valence-corrected chi connectivity index (χ0v) is 20.1. The van der Waals surface area contributed by atoms with Gasteiger partial charge in [0, 0.05) is 43.5 Å². The third-order valence-electron chi connectivity index (χ3n) is 6.80. The molecule has 3 heterocycles. The lowest BCUT2D eigenvalue weighted by molar-refractivity contribution is -0.0338. The number of rotatable bonds is 6. The molecule has 1 aromatic heterocycles. The minimum atomic E-state index is -0.971. The number of benzene rings is 1. The number of amides is 2. The van der Waals surface area contributed by atoms with E-state index in [4.69, 9.17) is 0 Å². The summed E-state index contributed by atoms with van der Waals surface area (Å²) >= 11 is 0. The highest BCUT2D eigenvalue weighted by Gasteiger charge is 2.43. The summed E-state index contributed by atoms with van der Waals surface area (Å²) in [7, 11) is 0. The fourth-order valence-electron chi connectivity index (χ4n) is 4.75. The van der Waals surface area contributed by atoms with Gasteiger partial charge in [0.1, 0.15) is 23.4 Å². The first-order chi connectivity index (χ1) is 16.6. The number of pyridine rings is 1. The quantitative estimate of drug-likeness (QED) is 0.652. The predicted molar refractivity (Wildman–Crippen MR) is 125 cm³/mol. The minimum absolute atomic E-state index is 0.0461. The molecule has 1 unspecified atom stereocenters. The van der Waals surface area contributed by atoms with Gasteiger partial charge in [0.25, 0.3) is 11.8 Å². The van der Waals surface area contributed by atoms with Gasteiger partial charge in [0.2, 0.25) is 5.43 Å². The summed E-state index contributed by atoms with van der Waals surface area (Å²) in [6.45, 7) is 7.87. The first-order valence-corrected chi connectivity index (χ1v) is 11.8. The highest BCUT2D eigenvalue weighted by molar-refractivity contribution is 5.99. The number of hydrogen-bond donors (Lipinski definition) is 2. The average Bonchev–Trinajstić information content (AvgIpc) is 2.79. The van der Waals surface area contributed by atoms with Crippen LogP contribution in [0.5, 0.6) is 5.75 Å². The van der Waals surface area contributed by atoms with Gasteiger partial charge in [-0.15, -0.1) is 0 Å². The molecule has 2 aromatic rings. The van der Waals surface area contributed by atoms with Gasteiger partial charge in [-0.2, -0.15) is 0 Å². The van der Waals surface area contributed by atoms with E-state index in [1.54, 1.807) is 4.90 Å². The van der Waals surface area contributed by atoms with Crippen LogP contribution < -0.4 is 10.7 Å². The molecule has 2 aliphatic rings. The maximum absolute atomic E-state index is 13.9. The molecule has 0 aliphatic carbocycles. The number of fused-ring (bicyclic) bond motifs is 2. The molecule has 188 valence electrons. The second-order valence-electron chi connectivity index (χ2n) is 9.69. The lowest BCUT2D eigenvalue weighted by Gasteiger charge is -2.50. The smallest absolute Gasteiger partial charge is 0.276 e. The number of halogens is 2. The van der Waals surface area contributed by atoms with Gasteiger partial charge in [0.05, 0.1) is 6.54 Å². The average molecular weight is 489 g/mol. The molecule has 2 N–H and O–H groups in total. The molecule has 2 aliphatic heterocycles. The van der Waals surface area contributed by atoms with Crippen LogP contribution >= 0.6 is 0 Å². The molecule has 8 nitrogen and oxygen atoms in total. The van der Waals surface area contributed by atoms with Gasteiger partial charge in [-0.25, -0.2) is 8.78 Å². The van der Waals surface area contributed by atoms with Crippen molar-refractivity contribution in [1.82, 2.24) is 19.7 Å². The van der Waals surface area contributed by atoms with Gasteiger partial charge in [-0.3, -0.25) is 19.3 Å². The largest absolute Gasteiger partial charge is 0.503 e. The van der Waals surface area contributed by atoms with Crippen LogP contribution in [0.2, 0.25) is 0 Å². The van der Waals surface area contributed by atoms with Crippen molar-refractivity contribution in [3.63, 3.8) is 0 Å². The Bertz CT molecular complexity index is 1210. The molecule has 0 bridgehead atoms. The van der Waals surface area contributed by atoms with E-state index < -0.39 is 34.6 Å². The Kier molecular flexibility index (Phi) is 6.93. The lowest BCUT2D eigenvalue weighted by atomic mass is 10.0. The molecule has 0 saturated carbocycles. The van der Waals surface area contributed by atoms with Crippen LogP contribution in [0.25, 0.3) is 0 Å². The predicted octanol–water partition coefficient (Wildman–Crippen LogP) is 2.68. The maximum Gasteiger partial charge on any atom is 0.276 e. The van der Waals surface area contributed by atoms with Crippen LogP contribution in [0, 0.1) is 17.6 Å². The third-order valence-corrected chi connectivity index (χ3v) is 6.80. The van der Waals surface area contributed by atoms with Crippen molar-refractivity contribution in [1.29, 1.82) is 0 Å². The summed E-state index contributed by atoms with van der Waals surface area (Å²) in [5.74, 6) is -3.12. The molecule has 2 atom stereocenters. The molecule has 1 fully saturated rings. The second kappa shape index (κ2) is 9.77. The van der Waals surface area contributed by atoms with E-state index >= 15 is 0 Å². The van der Waals surface area contributed by atoms with Gasteiger partial charge in [0.15, 0.2) is 11.4 Å². The molecule has 35 heavy (non-hydrogen) atoms. The Morgan fingerprint density at radius 2 is 2.00 bits per heavy atom. The van der Waals surface area contributed by atoms with E-state index in [0.29, 0.717) is 18.5 Å². The van der Waals surface area contributed by atoms with Crippen molar-refractivity contribution in [2.75, 3.05) is 13.1 Å². The van der Waals surface area contributed by atoms with Crippen molar-refractivity contribution in [2.24, 2.45) is 5.92 Å². The van der Waals surface area contributed by atoms with Crippen LogP contribution in [-0.4, -0.2) is 56.6 Å². The van der Waals surface area contributed by atoms with Crippen molar-refractivity contribution in [3.05, 3.63) is 63.1 Å². The SMILES string of the molecule is CC(C)CCN1CC[C@H](C)N2C(=O)c3c(O)c(=O)c(C(=O)NCc4ccc(F)cc4F)cn3CC12. The zero-order chi connectivity index (χ0) is 25.4. The van der Waals surface area contributed by atoms with E-state index in [2.05, 4.69) is 24.1 Å². The van der Waals surface area contributed by atoms with E-state index in [9.17, 15) is 28.3 Å². The van der Waals surface area contributed by atoms with E-state index in [1.165, 1.54) is 16.8 Å². The standard InChI is InChI=1S/C25H30F2N4O4/c1-14(2)6-8-29-9-7-15(3)31-20(29)13-30-12-18(22(32)23(33)21(30)25(31)35)24(34)28-11-16-4-5-17(26)10-19(16)27/h4-5,10,12,14-15,20,33H,6-9,11,13H2,1-3H3,(H,28,34)/t15-,20?/m0/s1. The highest BCUT2D eigenvalue weighted by Crippen LogP contribution is 2.31. The van der Waals surface area contributed by atoms with Gasteiger partial charge >= 0.3 is 0 Å². The molecular weight excluding hydrogens is 458 g/mol. The van der Waals surface area contributed by atoms with Crippen molar-refractivity contribution >= 4 is 11.8 Å². The Hall–Kier alpha value is -3.27. The molecule has 4 rings (SSSR count). The van der Waals surface area contributed by atoms with Crippen molar-refractivity contribution < 1.29 is 23.5 Å². The van der Waals surface area contributed by atoms with Gasteiger partial charge < -0.3 is 19.9 Å². The summed E-state index contributed by atoms with van der Waals surface area (Å²) in [4.78, 5) is 42.9. The Labute approximate surface area is 202 Å². The minimum Gasteiger partial charge on any atom is -0.503 e. The third kappa shape index (κ3) is 4.80. The Balaban J connectivity index is 1.62. The van der Waals surface area contributed by atoms with Gasteiger partial charge in [-0.05, 0) is 31.7 Å². The molecule has 10 heteroatoms. The van der Waals surface area contributed by atoms with Crippen LogP contribution in [0.15, 0.2) is 29.2 Å². The monoisotopic (exact) mass is 488 g/mol. The summed E-state index contributed by atoms with van der Waals surface area (Å²) in [5, 5.41) is 13.1. The lowest BCUT2D eigenvalue weighted by Crippen LogP contribution is -2.63. The summed E-state index contributed by atoms with van der Waals surface area (Å²) in [5.41, 5.74) is -1.41. The number of carbonyl (C=O) groups is 2. The Morgan fingerprint density at radius 3 is 2.69 bits per heavy atom. The van der Waals surface area contributed by atoms with Crippen LogP contribution in [0.4, 0.5) is 8.78 Å². The number of hydrogen-bond acceptors (Lipinski definition) is 5. The second-order valence-corrected chi connectivity index (χ2v) is 9.69. The van der Waals surface area contributed by atoms with Crippen LogP contribution in [0.3, 0.4) is 0 Å². The van der Waals surface area contributed by atoms with E-state index in [-0.39, 0.29) is 35.6 Å². The van der Waals surface area contributed by atoms with Crippen molar-refractivity contribution in [2.45, 2.75) is 58.9 Å². The fraction of sp³-hybridized carbons (Fsp3) is 0.480. The number of carbonyl (C=O) groups excluding carboxylic acids is 2. The van der Waals surface area contributed by atoms with E-state index in [1.807, 2.05) is 6.92 Å². The normalized spacial score (nSPS) is 20.1. The van der Waals surface area contributed by atoms with Crippen LogP contribution in [0.1, 0.15) is 60.0 Å². The Morgan fingerprint density at radius 1 is 1.26 bits per heavy atom. The molecular formula is C25H30F2N4O4. The molecule has 2 amide bonds. The number of nitrogens with zero attached hydrogens (tertiary/aromatic N) is 3. The summed E-state index contributed by atoms with van der Waals surface area (Å²) in [6.07, 6.45) is 2.76. The van der Waals surface area contributed by atoms with Crippen LogP contribution in [-0.2, 0) is 13.1 Å².